The number of nitrogens with zero attached hydrogens (tertiary/aromatic N) is 4. The molecule has 2 aliphatic heterocycles. The van der Waals surface area contributed by atoms with E-state index in [2.05, 4.69) is 38.8 Å². The van der Waals surface area contributed by atoms with Crippen LogP contribution in [0.15, 0.2) is 30.6 Å². The minimum Gasteiger partial charge on any atom is -0.489 e. The number of anilines is 2. The van der Waals surface area contributed by atoms with Crippen LogP contribution in [0.3, 0.4) is 0 Å². The highest BCUT2D eigenvalue weighted by Gasteiger charge is 2.28. The summed E-state index contributed by atoms with van der Waals surface area (Å²) in [6, 6.07) is 8.12. The number of halogens is 1. The number of benzene rings is 1. The minimum atomic E-state index is 0.0879. The molecule has 2 saturated heterocycles. The summed E-state index contributed by atoms with van der Waals surface area (Å²) in [6.45, 7) is 7.33. The molecule has 2 atom stereocenters. The van der Waals surface area contributed by atoms with Gasteiger partial charge in [-0.1, -0.05) is 30.7 Å². The molecule has 2 aliphatic rings. The summed E-state index contributed by atoms with van der Waals surface area (Å²) in [5.74, 6) is 2.95. The quantitative estimate of drug-likeness (QED) is 0.610. The molecular weight excluding hydrogens is 412 g/mol. The number of aromatic nitrogens is 2. The van der Waals surface area contributed by atoms with Crippen molar-refractivity contribution in [3.8, 4) is 5.75 Å². The highest BCUT2D eigenvalue weighted by atomic mass is 35.5. The molecule has 3 heterocycles. The van der Waals surface area contributed by atoms with Crippen LogP contribution in [0.2, 0.25) is 5.02 Å². The van der Waals surface area contributed by atoms with Crippen LogP contribution >= 0.6 is 11.6 Å². The molecule has 0 aliphatic carbocycles. The average Bonchev–Trinajstić information content (AvgIpc) is 3.22. The van der Waals surface area contributed by atoms with Gasteiger partial charge < -0.3 is 19.3 Å². The Bertz CT molecular complexity index is 899. The Morgan fingerprint density at radius 1 is 1.10 bits per heavy atom. The lowest BCUT2D eigenvalue weighted by atomic mass is 9.96. The molecule has 0 bridgehead atoms. The Hall–Kier alpha value is -2.34. The summed E-state index contributed by atoms with van der Waals surface area (Å²) in [6.07, 6.45) is 6.83. The Morgan fingerprint density at radius 2 is 1.77 bits per heavy atom. The van der Waals surface area contributed by atoms with Gasteiger partial charge in [0.1, 0.15) is 29.0 Å². The van der Waals surface area contributed by atoms with Crippen LogP contribution in [-0.4, -0.2) is 48.0 Å². The largest absolute Gasteiger partial charge is 0.489 e. The molecule has 1 aromatic heterocycles. The first kappa shape index (κ1) is 21.9. The minimum absolute atomic E-state index is 0.0879. The van der Waals surface area contributed by atoms with Gasteiger partial charge in [-0.25, -0.2) is 9.97 Å². The van der Waals surface area contributed by atoms with E-state index >= 15 is 0 Å². The average molecular weight is 443 g/mol. The lowest BCUT2D eigenvalue weighted by Crippen LogP contribution is -2.31. The number of rotatable bonds is 7. The van der Waals surface area contributed by atoms with E-state index in [9.17, 15) is 4.79 Å². The molecular formula is C24H31ClN4O2. The van der Waals surface area contributed by atoms with E-state index in [1.807, 2.05) is 12.1 Å². The van der Waals surface area contributed by atoms with E-state index in [4.69, 9.17) is 16.3 Å². The van der Waals surface area contributed by atoms with Crippen LogP contribution in [0, 0.1) is 0 Å². The van der Waals surface area contributed by atoms with Crippen molar-refractivity contribution >= 4 is 29.0 Å². The van der Waals surface area contributed by atoms with E-state index in [0.29, 0.717) is 11.4 Å². The topological polar surface area (TPSA) is 58.6 Å². The molecule has 0 saturated carbocycles. The van der Waals surface area contributed by atoms with E-state index in [-0.39, 0.29) is 17.8 Å². The van der Waals surface area contributed by atoms with Crippen molar-refractivity contribution in [3.05, 3.63) is 41.2 Å². The van der Waals surface area contributed by atoms with Gasteiger partial charge in [0.05, 0.1) is 6.54 Å². The molecule has 6 nitrogen and oxygen atoms in total. The number of carbonyl (C=O) groups excluding carboxylic acids is 1. The Kier molecular flexibility index (Phi) is 6.96. The van der Waals surface area contributed by atoms with Crippen molar-refractivity contribution in [2.24, 2.45) is 0 Å². The zero-order chi connectivity index (χ0) is 21.8. The molecule has 0 radical (unpaired) electrons. The second-order valence-electron chi connectivity index (χ2n) is 8.73. The van der Waals surface area contributed by atoms with Gasteiger partial charge in [-0.3, -0.25) is 0 Å². The van der Waals surface area contributed by atoms with E-state index in [1.54, 1.807) is 13.3 Å². The lowest BCUT2D eigenvalue weighted by molar-refractivity contribution is -0.117. The van der Waals surface area contributed by atoms with Crippen LogP contribution in [0.25, 0.3) is 0 Å². The molecule has 0 N–H and O–H groups in total. The van der Waals surface area contributed by atoms with Crippen molar-refractivity contribution in [2.75, 3.05) is 36.0 Å². The predicted octanol–water partition coefficient (Wildman–Crippen LogP) is 4.86. The second kappa shape index (κ2) is 9.86. The number of ketones is 1. The molecule has 166 valence electrons. The third-order valence-electron chi connectivity index (χ3n) is 6.20. The van der Waals surface area contributed by atoms with Crippen LogP contribution in [0.5, 0.6) is 5.75 Å². The Morgan fingerprint density at radius 3 is 2.45 bits per heavy atom. The number of hydrogen-bond acceptors (Lipinski definition) is 6. The summed E-state index contributed by atoms with van der Waals surface area (Å²) in [5, 5.41) is 0.647. The summed E-state index contributed by atoms with van der Waals surface area (Å²) in [4.78, 5) is 24.8. The van der Waals surface area contributed by atoms with E-state index in [1.165, 1.54) is 19.3 Å². The number of piperidine rings is 1. The van der Waals surface area contributed by atoms with Crippen LogP contribution in [0.4, 0.5) is 11.6 Å². The fourth-order valence-electron chi connectivity index (χ4n) is 4.53. The third-order valence-corrected chi connectivity index (χ3v) is 6.54. The number of Topliss-reactive ketones (excluding diaryl/α,β-unsaturated/α-hetero) is 1. The van der Waals surface area contributed by atoms with Gasteiger partial charge in [-0.15, -0.1) is 0 Å². The van der Waals surface area contributed by atoms with Crippen LogP contribution in [0.1, 0.15) is 57.4 Å². The van der Waals surface area contributed by atoms with Gasteiger partial charge >= 0.3 is 0 Å². The van der Waals surface area contributed by atoms with Crippen molar-refractivity contribution in [1.82, 2.24) is 9.97 Å². The number of carbonyl (C=O) groups is 1. The summed E-state index contributed by atoms with van der Waals surface area (Å²) in [5.41, 5.74) is 1.16. The monoisotopic (exact) mass is 442 g/mol. The third kappa shape index (κ3) is 5.29. The second-order valence-corrected chi connectivity index (χ2v) is 9.11. The number of ether oxygens (including phenoxy) is 1. The van der Waals surface area contributed by atoms with Gasteiger partial charge in [-0.05, 0) is 49.8 Å². The molecule has 2 fully saturated rings. The normalized spacial score (nSPS) is 20.0. The molecule has 31 heavy (non-hydrogen) atoms. The summed E-state index contributed by atoms with van der Waals surface area (Å²) < 4.78 is 6.22. The van der Waals surface area contributed by atoms with Crippen molar-refractivity contribution in [3.63, 3.8) is 0 Å². The van der Waals surface area contributed by atoms with Gasteiger partial charge in [-0.2, -0.15) is 0 Å². The molecule has 0 unspecified atom stereocenters. The van der Waals surface area contributed by atoms with Crippen molar-refractivity contribution < 1.29 is 9.53 Å². The zero-order valence-electron chi connectivity index (χ0n) is 18.4. The first-order chi connectivity index (χ1) is 15.0. The smallest absolute Gasteiger partial charge is 0.153 e. The SMILES string of the molecule is CC(=O)C[C@@H](C)c1ccc(O[C@@H]2CCN(c3ncnc(N4CCCCC4)c3Cl)C2)cc1. The van der Waals surface area contributed by atoms with Crippen molar-refractivity contribution in [2.45, 2.75) is 58.0 Å². The van der Waals surface area contributed by atoms with Crippen molar-refractivity contribution in [1.29, 1.82) is 0 Å². The van der Waals surface area contributed by atoms with Gasteiger partial charge in [0.15, 0.2) is 11.6 Å². The maximum atomic E-state index is 11.4. The molecule has 2 aromatic rings. The first-order valence-corrected chi connectivity index (χ1v) is 11.7. The van der Waals surface area contributed by atoms with E-state index < -0.39 is 0 Å². The lowest BCUT2D eigenvalue weighted by Gasteiger charge is -2.29. The predicted molar refractivity (Wildman–Crippen MR) is 125 cm³/mol. The molecule has 0 amide bonds. The molecule has 7 heteroatoms. The van der Waals surface area contributed by atoms with E-state index in [0.717, 1.165) is 55.5 Å². The fourth-order valence-corrected chi connectivity index (χ4v) is 4.87. The molecule has 0 spiro atoms. The summed E-state index contributed by atoms with van der Waals surface area (Å²) >= 11 is 6.74. The van der Waals surface area contributed by atoms with Gasteiger partial charge in [0, 0.05) is 32.5 Å². The maximum absolute atomic E-state index is 11.4. The molecule has 4 rings (SSSR count). The first-order valence-electron chi connectivity index (χ1n) is 11.3. The van der Waals surface area contributed by atoms with Gasteiger partial charge in [0.2, 0.25) is 0 Å². The standard InChI is InChI=1S/C24H31ClN4O2/c1-17(14-18(2)30)19-6-8-20(9-7-19)31-21-10-13-29(15-21)24-22(25)23(26-16-27-24)28-11-4-3-5-12-28/h6-9,16-17,21H,3-5,10-15H2,1-2H3/t17-,21-/m1/s1. The molecule has 1 aromatic carbocycles. The Labute approximate surface area is 189 Å². The van der Waals surface area contributed by atoms with Crippen LogP contribution in [-0.2, 0) is 4.79 Å². The zero-order valence-corrected chi connectivity index (χ0v) is 19.1. The highest BCUT2D eigenvalue weighted by molar-refractivity contribution is 6.35. The number of hydrogen-bond donors (Lipinski definition) is 0. The maximum Gasteiger partial charge on any atom is 0.153 e. The van der Waals surface area contributed by atoms with Gasteiger partial charge in [0.25, 0.3) is 0 Å². The van der Waals surface area contributed by atoms with Crippen LogP contribution < -0.4 is 14.5 Å². The fraction of sp³-hybridized carbons (Fsp3) is 0.542. The summed E-state index contributed by atoms with van der Waals surface area (Å²) in [7, 11) is 0. The highest BCUT2D eigenvalue weighted by Crippen LogP contribution is 2.35. The Balaban J connectivity index is 1.38.